The van der Waals surface area contributed by atoms with Crippen molar-refractivity contribution in [1.82, 2.24) is 4.57 Å². The number of aryl methyl sites for hydroxylation is 1. The highest BCUT2D eigenvalue weighted by Gasteiger charge is 2.11. The number of halogens is 1. The molecule has 18 heavy (non-hydrogen) atoms. The van der Waals surface area contributed by atoms with Crippen LogP contribution in [0.4, 0.5) is 4.39 Å². The predicted octanol–water partition coefficient (Wildman–Crippen LogP) is 1.98. The van der Waals surface area contributed by atoms with E-state index in [1.54, 1.807) is 19.1 Å². The third-order valence-electron chi connectivity index (χ3n) is 2.59. The van der Waals surface area contributed by atoms with Crippen LogP contribution in [0.15, 0.2) is 41.3 Å². The van der Waals surface area contributed by atoms with Crippen LogP contribution in [-0.4, -0.2) is 15.6 Å². The largest absolute Gasteiger partial charge is 0.478 e. The third-order valence-corrected chi connectivity index (χ3v) is 2.59. The van der Waals surface area contributed by atoms with Gasteiger partial charge in [-0.15, -0.1) is 0 Å². The topological polar surface area (TPSA) is 59.3 Å². The van der Waals surface area contributed by atoms with Gasteiger partial charge in [-0.1, -0.05) is 12.1 Å². The predicted molar refractivity (Wildman–Crippen MR) is 63.7 cm³/mol. The second-order valence-electron chi connectivity index (χ2n) is 3.84. The molecule has 0 unspecified atom stereocenters. The van der Waals surface area contributed by atoms with Gasteiger partial charge in [0.15, 0.2) is 0 Å². The van der Waals surface area contributed by atoms with E-state index in [-0.39, 0.29) is 11.3 Å². The lowest BCUT2D eigenvalue weighted by Crippen LogP contribution is -2.19. The average Bonchev–Trinajstić information content (AvgIpc) is 2.33. The first-order valence-electron chi connectivity index (χ1n) is 5.22. The monoisotopic (exact) mass is 247 g/mol. The fraction of sp³-hybridized carbons (Fsp3) is 0.0769. The van der Waals surface area contributed by atoms with Gasteiger partial charge in [0, 0.05) is 12.3 Å². The zero-order valence-electron chi connectivity index (χ0n) is 9.55. The van der Waals surface area contributed by atoms with Gasteiger partial charge in [0.05, 0.1) is 11.3 Å². The van der Waals surface area contributed by atoms with Crippen molar-refractivity contribution in [2.45, 2.75) is 6.92 Å². The molecule has 1 N–H and O–H groups in total. The molecule has 0 aliphatic rings. The Balaban J connectivity index is 2.70. The van der Waals surface area contributed by atoms with Crippen LogP contribution in [0.2, 0.25) is 0 Å². The normalized spacial score (nSPS) is 10.3. The van der Waals surface area contributed by atoms with Gasteiger partial charge in [0.2, 0.25) is 0 Å². The van der Waals surface area contributed by atoms with Crippen LogP contribution in [0, 0.1) is 12.7 Å². The maximum Gasteiger partial charge on any atom is 0.337 e. The number of pyridine rings is 1. The van der Waals surface area contributed by atoms with Gasteiger partial charge in [0.25, 0.3) is 5.56 Å². The maximum atomic E-state index is 13.9. The van der Waals surface area contributed by atoms with Crippen LogP contribution >= 0.6 is 0 Å². The van der Waals surface area contributed by atoms with Gasteiger partial charge in [0.1, 0.15) is 5.82 Å². The van der Waals surface area contributed by atoms with Crippen LogP contribution in [-0.2, 0) is 0 Å². The number of hydrogen-bond donors (Lipinski definition) is 1. The summed E-state index contributed by atoms with van der Waals surface area (Å²) in [5, 5.41) is 8.86. The summed E-state index contributed by atoms with van der Waals surface area (Å²) < 4.78 is 14.9. The van der Waals surface area contributed by atoms with E-state index in [1.165, 1.54) is 12.1 Å². The molecule has 1 heterocycles. The zero-order valence-corrected chi connectivity index (χ0v) is 9.55. The molecular weight excluding hydrogens is 237 g/mol. The molecule has 0 fully saturated rings. The van der Waals surface area contributed by atoms with Crippen molar-refractivity contribution >= 4 is 5.97 Å². The molecule has 0 spiro atoms. The lowest BCUT2D eigenvalue weighted by atomic mass is 10.2. The molecule has 2 rings (SSSR count). The molecule has 0 amide bonds. The van der Waals surface area contributed by atoms with Crippen molar-refractivity contribution in [1.29, 1.82) is 0 Å². The molecule has 0 bridgehead atoms. The summed E-state index contributed by atoms with van der Waals surface area (Å²) in [7, 11) is 0. The second-order valence-corrected chi connectivity index (χ2v) is 3.84. The highest BCUT2D eigenvalue weighted by Crippen LogP contribution is 2.15. The van der Waals surface area contributed by atoms with Gasteiger partial charge in [-0.3, -0.25) is 9.36 Å². The molecule has 2 aromatic rings. The van der Waals surface area contributed by atoms with E-state index in [2.05, 4.69) is 0 Å². The molecule has 5 heteroatoms. The molecule has 4 nitrogen and oxygen atoms in total. The number of carboxylic acids is 1. The molecular formula is C13H10FNO3. The van der Waals surface area contributed by atoms with Crippen molar-refractivity contribution in [2.75, 3.05) is 0 Å². The van der Waals surface area contributed by atoms with Gasteiger partial charge in [-0.2, -0.15) is 0 Å². The molecule has 0 saturated carbocycles. The van der Waals surface area contributed by atoms with Crippen LogP contribution < -0.4 is 5.56 Å². The number of aromatic carboxylic acids is 1. The molecule has 0 radical (unpaired) electrons. The van der Waals surface area contributed by atoms with Crippen molar-refractivity contribution in [2.24, 2.45) is 0 Å². The van der Waals surface area contributed by atoms with E-state index in [0.717, 1.165) is 16.8 Å². The molecule has 0 atom stereocenters. The Kier molecular flexibility index (Phi) is 2.97. The quantitative estimate of drug-likeness (QED) is 0.882. The van der Waals surface area contributed by atoms with E-state index in [0.29, 0.717) is 5.56 Å². The first kappa shape index (κ1) is 12.0. The standard InChI is InChI=1S/C13H10FNO3/c1-8-3-2-4-10(12(8)14)15-7-9(13(17)18)5-6-11(15)16/h2-7H,1H3,(H,17,18). The number of hydrogen-bond acceptors (Lipinski definition) is 2. The summed E-state index contributed by atoms with van der Waals surface area (Å²) in [5.41, 5.74) is -0.122. The first-order chi connectivity index (χ1) is 8.50. The molecule has 0 aliphatic carbocycles. The van der Waals surface area contributed by atoms with Crippen LogP contribution in [0.3, 0.4) is 0 Å². The zero-order chi connectivity index (χ0) is 13.3. The minimum atomic E-state index is -1.17. The first-order valence-corrected chi connectivity index (χ1v) is 5.22. The Bertz CT molecular complexity index is 676. The van der Waals surface area contributed by atoms with E-state index in [4.69, 9.17) is 5.11 Å². The fourth-order valence-corrected chi connectivity index (χ4v) is 1.62. The highest BCUT2D eigenvalue weighted by atomic mass is 19.1. The second kappa shape index (κ2) is 4.44. The minimum Gasteiger partial charge on any atom is -0.478 e. The van der Waals surface area contributed by atoms with Crippen LogP contribution in [0.5, 0.6) is 0 Å². The van der Waals surface area contributed by atoms with Crippen molar-refractivity contribution in [3.8, 4) is 5.69 Å². The molecule has 1 aromatic heterocycles. The van der Waals surface area contributed by atoms with E-state index in [1.807, 2.05) is 0 Å². The van der Waals surface area contributed by atoms with Crippen molar-refractivity contribution in [3.05, 3.63) is 63.8 Å². The lowest BCUT2D eigenvalue weighted by molar-refractivity contribution is 0.0696. The Labute approximate surface area is 102 Å². The molecule has 1 aromatic carbocycles. The fourth-order valence-electron chi connectivity index (χ4n) is 1.62. The Hall–Kier alpha value is -2.43. The number of benzene rings is 1. The molecule has 0 saturated heterocycles. The van der Waals surface area contributed by atoms with Crippen LogP contribution in [0.25, 0.3) is 5.69 Å². The SMILES string of the molecule is Cc1cccc(-n2cc(C(=O)O)ccc2=O)c1F. The summed E-state index contributed by atoms with van der Waals surface area (Å²) in [4.78, 5) is 22.5. The Morgan fingerprint density at radius 1 is 1.28 bits per heavy atom. The summed E-state index contributed by atoms with van der Waals surface area (Å²) in [6.07, 6.45) is 1.11. The summed E-state index contributed by atoms with van der Waals surface area (Å²) in [6, 6.07) is 6.90. The number of carboxylic acid groups (broad SMARTS) is 1. The van der Waals surface area contributed by atoms with Crippen molar-refractivity contribution in [3.63, 3.8) is 0 Å². The van der Waals surface area contributed by atoms with Gasteiger partial charge in [-0.25, -0.2) is 9.18 Å². The number of nitrogens with zero attached hydrogens (tertiary/aromatic N) is 1. The summed E-state index contributed by atoms with van der Waals surface area (Å²) in [5.74, 6) is -1.71. The summed E-state index contributed by atoms with van der Waals surface area (Å²) in [6.45, 7) is 1.57. The number of rotatable bonds is 2. The Morgan fingerprint density at radius 2 is 2.00 bits per heavy atom. The van der Waals surface area contributed by atoms with Gasteiger partial charge < -0.3 is 5.11 Å². The van der Waals surface area contributed by atoms with Gasteiger partial charge in [-0.05, 0) is 24.6 Å². The maximum absolute atomic E-state index is 13.9. The van der Waals surface area contributed by atoms with E-state index >= 15 is 0 Å². The van der Waals surface area contributed by atoms with E-state index < -0.39 is 17.3 Å². The smallest absolute Gasteiger partial charge is 0.337 e. The van der Waals surface area contributed by atoms with Gasteiger partial charge >= 0.3 is 5.97 Å². The van der Waals surface area contributed by atoms with Crippen molar-refractivity contribution < 1.29 is 14.3 Å². The molecule has 0 aliphatic heterocycles. The summed E-state index contributed by atoms with van der Waals surface area (Å²) >= 11 is 0. The average molecular weight is 247 g/mol. The third kappa shape index (κ3) is 2.02. The number of carbonyl (C=O) groups is 1. The molecule has 92 valence electrons. The van der Waals surface area contributed by atoms with Crippen LogP contribution in [0.1, 0.15) is 15.9 Å². The lowest BCUT2D eigenvalue weighted by Gasteiger charge is -2.09. The number of aromatic nitrogens is 1. The Morgan fingerprint density at radius 3 is 2.67 bits per heavy atom. The highest BCUT2D eigenvalue weighted by molar-refractivity contribution is 5.87. The van der Waals surface area contributed by atoms with E-state index in [9.17, 15) is 14.0 Å². The minimum absolute atomic E-state index is 0.0445.